The number of fused-ring (bicyclic) bond motifs is 1. The summed E-state index contributed by atoms with van der Waals surface area (Å²) in [6.45, 7) is 0.276. The first-order valence-electron chi connectivity index (χ1n) is 7.65. The van der Waals surface area contributed by atoms with E-state index in [0.717, 1.165) is 21.5 Å². The van der Waals surface area contributed by atoms with E-state index in [1.807, 2.05) is 24.3 Å². The molecule has 0 bridgehead atoms. The van der Waals surface area contributed by atoms with Crippen LogP contribution in [0.1, 0.15) is 0 Å². The van der Waals surface area contributed by atoms with Crippen LogP contribution in [0, 0.1) is 0 Å². The van der Waals surface area contributed by atoms with Gasteiger partial charge in [0.1, 0.15) is 0 Å². The van der Waals surface area contributed by atoms with Gasteiger partial charge in [0.2, 0.25) is 0 Å². The van der Waals surface area contributed by atoms with E-state index >= 15 is 0 Å². The number of halogens is 13. The minimum absolute atomic E-state index is 0.276. The number of rotatable bonds is 3. The molecule has 0 amide bonds. The molecular formula is C12H10B3ClF12KO2-3. The third-order valence-electron chi connectivity index (χ3n) is 2.44. The summed E-state index contributed by atoms with van der Waals surface area (Å²) >= 11 is 6.74. The minimum atomic E-state index is -6.00. The van der Waals surface area contributed by atoms with E-state index in [2.05, 4.69) is 6.07 Å². The summed E-state index contributed by atoms with van der Waals surface area (Å²) in [5.74, 6) is 0.847. The molecule has 0 aromatic heterocycles. The number of methoxy groups -OCH3 is 1. The van der Waals surface area contributed by atoms with Crippen molar-refractivity contribution in [2.24, 2.45) is 0 Å². The van der Waals surface area contributed by atoms with E-state index in [1.54, 1.807) is 7.11 Å². The second-order valence-electron chi connectivity index (χ2n) is 5.11. The van der Waals surface area contributed by atoms with Crippen molar-refractivity contribution in [1.82, 2.24) is 0 Å². The summed E-state index contributed by atoms with van der Waals surface area (Å²) < 4.78 is 129. The van der Waals surface area contributed by atoms with Crippen molar-refractivity contribution in [3.05, 3.63) is 35.4 Å². The third-order valence-corrected chi connectivity index (χ3v) is 3.99. The van der Waals surface area contributed by atoms with Crippen LogP contribution in [0.2, 0.25) is 5.02 Å². The zero-order chi connectivity index (χ0) is 25.0. The summed E-state index contributed by atoms with van der Waals surface area (Å²) in [5.41, 5.74) is 0. The Kier molecular flexibility index (Phi) is 15.7. The molecular weight excluding hydrogens is 511 g/mol. The molecule has 31 heavy (non-hydrogen) atoms. The smallest absolute Gasteiger partial charge is 0.418 e. The van der Waals surface area contributed by atoms with Gasteiger partial charge in [-0.3, -0.25) is 0 Å². The van der Waals surface area contributed by atoms with E-state index in [0.29, 0.717) is 49.0 Å². The molecule has 0 saturated carbocycles. The maximum atomic E-state index is 9.75. The largest absolute Gasteiger partial charge is 0.673 e. The Hall–Kier alpha value is -0.259. The van der Waals surface area contributed by atoms with Crippen LogP contribution in [0.25, 0.3) is 10.8 Å². The summed E-state index contributed by atoms with van der Waals surface area (Å²) in [6.07, 6.45) is 0. The molecule has 2 aromatic rings. The van der Waals surface area contributed by atoms with Gasteiger partial charge >= 0.3 is 157 Å². The van der Waals surface area contributed by atoms with E-state index < -0.39 is 21.8 Å². The van der Waals surface area contributed by atoms with Crippen molar-refractivity contribution in [2.45, 2.75) is 0 Å². The molecule has 2 nitrogen and oxygen atoms in total. The average Bonchev–Trinajstić information content (AvgIpc) is 2.47. The van der Waals surface area contributed by atoms with E-state index in [1.165, 1.54) is -0.342 Å². The fraction of sp³-hybridized carbons (Fsp3) is 0.167. The van der Waals surface area contributed by atoms with E-state index in [-0.39, 0.29) is 6.79 Å². The summed E-state index contributed by atoms with van der Waals surface area (Å²) in [5, 5.41) is 3.11. The first-order chi connectivity index (χ1) is 13.7. The van der Waals surface area contributed by atoms with Gasteiger partial charge in [-0.05, 0) is 0 Å². The van der Waals surface area contributed by atoms with Gasteiger partial charge in [-0.25, -0.2) is 0 Å². The Labute approximate surface area is 207 Å². The molecule has 0 fully saturated rings. The van der Waals surface area contributed by atoms with Crippen LogP contribution >= 0.6 is 11.6 Å². The Morgan fingerprint density at radius 3 is 1.61 bits per heavy atom. The topological polar surface area (TPSA) is 18.5 Å². The average molecular weight is 521 g/mol. The standard InChI is InChI=1S/C12H10ClO2.3BF4.K/c1-14-8-15-10-5-6-11-9(7-10)3-2-4-12(11)13;3*2-1(3,4)5;/h2-5,7H,8H2,1H3;;;;/q;3*-1;. The molecule has 0 saturated heterocycles. The van der Waals surface area contributed by atoms with Crippen molar-refractivity contribution in [1.29, 1.82) is 0 Å². The molecule has 0 atom stereocenters. The second-order valence-corrected chi connectivity index (χ2v) is 7.20. The van der Waals surface area contributed by atoms with Crippen LogP contribution in [0.4, 0.5) is 51.8 Å². The Balaban J connectivity index is 0. The molecule has 174 valence electrons. The van der Waals surface area contributed by atoms with Gasteiger partial charge in [0.15, 0.2) is 0 Å². The van der Waals surface area contributed by atoms with Gasteiger partial charge in [-0.2, -0.15) is 0 Å². The number of benzene rings is 2. The first-order valence-corrected chi connectivity index (χ1v) is 9.59. The predicted molar refractivity (Wildman–Crippen MR) is 97.4 cm³/mol. The molecule has 19 heteroatoms. The fourth-order valence-electron chi connectivity index (χ4n) is 1.77. The zero-order valence-corrected chi connectivity index (χ0v) is 19.4. The summed E-state index contributed by atoms with van der Waals surface area (Å²) in [6, 6.07) is 9.98. The molecule has 0 unspecified atom stereocenters. The molecule has 2 aromatic carbocycles. The van der Waals surface area contributed by atoms with Crippen molar-refractivity contribution in [3.8, 4) is 5.75 Å². The van der Waals surface area contributed by atoms with Crippen molar-refractivity contribution < 1.29 is 61.3 Å². The van der Waals surface area contributed by atoms with Crippen molar-refractivity contribution >= 4 is 92.7 Å². The Morgan fingerprint density at radius 2 is 1.23 bits per heavy atom. The minimum Gasteiger partial charge on any atom is -0.418 e. The number of hydrogen-bond acceptors (Lipinski definition) is 2. The monoisotopic (exact) mass is 521 g/mol. The quantitative estimate of drug-likeness (QED) is 0.274. The second kappa shape index (κ2) is 14.8. The van der Waals surface area contributed by atoms with Crippen LogP contribution < -0.4 is 4.39 Å². The van der Waals surface area contributed by atoms with Crippen LogP contribution in [0.3, 0.4) is 0 Å². The van der Waals surface area contributed by atoms with E-state index in [9.17, 15) is 51.8 Å². The summed E-state index contributed by atoms with van der Waals surface area (Å²) in [4.78, 5) is 0. The van der Waals surface area contributed by atoms with Crippen molar-refractivity contribution in [3.63, 3.8) is 0 Å². The molecule has 0 heterocycles. The molecule has 0 aliphatic heterocycles. The van der Waals surface area contributed by atoms with Gasteiger partial charge in [-0.1, -0.05) is 0 Å². The summed E-state index contributed by atoms with van der Waals surface area (Å²) in [7, 11) is -16.4. The maximum absolute atomic E-state index is 9.75. The van der Waals surface area contributed by atoms with Gasteiger partial charge in [0.25, 0.3) is 0 Å². The predicted octanol–water partition coefficient (Wildman–Crippen LogP) is 6.17. The molecule has 0 radical (unpaired) electrons. The Bertz CT molecular complexity index is 742. The molecule has 0 spiro atoms. The SMILES string of the molecule is COCOc1c[c]([K])c2c(Cl)cccc2c1.F[B-](F)(F)F.F[B-](F)(F)F.F[B-](F)(F)F. The van der Waals surface area contributed by atoms with Crippen molar-refractivity contribution in [2.75, 3.05) is 13.9 Å². The van der Waals surface area contributed by atoms with Gasteiger partial charge < -0.3 is 51.8 Å². The Morgan fingerprint density at radius 1 is 0.806 bits per heavy atom. The van der Waals surface area contributed by atoms with Crippen LogP contribution in [-0.4, -0.2) is 84.6 Å². The third kappa shape index (κ3) is 25.9. The number of hydrogen-bond donors (Lipinski definition) is 0. The number of ether oxygens (including phenoxy) is 2. The van der Waals surface area contributed by atoms with Gasteiger partial charge in [-0.15, -0.1) is 0 Å². The van der Waals surface area contributed by atoms with Gasteiger partial charge in [0, 0.05) is 0 Å². The maximum Gasteiger partial charge on any atom is 0.673 e. The normalized spacial score (nSPS) is 11.4. The van der Waals surface area contributed by atoms with Gasteiger partial charge in [0.05, 0.1) is 0 Å². The molecule has 2 rings (SSSR count). The molecule has 0 aliphatic carbocycles. The van der Waals surface area contributed by atoms with E-state index in [4.69, 9.17) is 21.1 Å². The van der Waals surface area contributed by atoms with Crippen LogP contribution in [0.5, 0.6) is 5.75 Å². The molecule has 0 aliphatic rings. The fourth-order valence-corrected chi connectivity index (χ4v) is 3.66. The molecule has 0 N–H and O–H groups in total. The first kappa shape index (κ1) is 32.9. The van der Waals surface area contributed by atoms with Crippen LogP contribution in [0.15, 0.2) is 30.3 Å². The van der Waals surface area contributed by atoms with Crippen LogP contribution in [-0.2, 0) is 4.74 Å². The zero-order valence-electron chi connectivity index (χ0n) is 15.6.